The maximum atomic E-state index is 4.97. The summed E-state index contributed by atoms with van der Waals surface area (Å²) in [7, 11) is -1.43. The van der Waals surface area contributed by atoms with Crippen LogP contribution in [0.25, 0.3) is 57.5 Å². The van der Waals surface area contributed by atoms with Crippen LogP contribution in [0, 0.1) is 11.5 Å². The minimum Gasteiger partial charge on any atom is -0.355 e. The van der Waals surface area contributed by atoms with Gasteiger partial charge in [0, 0.05) is 33.2 Å². The summed E-state index contributed by atoms with van der Waals surface area (Å²) >= 11 is 0. The lowest BCUT2D eigenvalue weighted by Crippen LogP contribution is -2.16. The Morgan fingerprint density at radius 2 is 1.11 bits per heavy atom. The summed E-state index contributed by atoms with van der Waals surface area (Å²) in [6.45, 7) is 6.78. The van der Waals surface area contributed by atoms with Crippen LogP contribution in [-0.2, 0) is 0 Å². The highest BCUT2D eigenvalue weighted by atomic mass is 28.3. The molecule has 5 heterocycles. The third kappa shape index (κ3) is 4.72. The number of rotatable bonds is 1. The largest absolute Gasteiger partial charge is 0.355 e. The van der Waals surface area contributed by atoms with Gasteiger partial charge in [0.25, 0.3) is 0 Å². The first-order valence-corrected chi connectivity index (χ1v) is 15.6. The molecule has 4 aromatic rings. The van der Waals surface area contributed by atoms with Crippen LogP contribution in [0.4, 0.5) is 0 Å². The van der Waals surface area contributed by atoms with Crippen LogP contribution in [0.5, 0.6) is 0 Å². The van der Waals surface area contributed by atoms with Crippen LogP contribution in [0.3, 0.4) is 0 Å². The smallest absolute Gasteiger partial charge is 0.129 e. The second-order valence-electron chi connectivity index (χ2n) is 10.1. The number of fused-ring (bicyclic) bond motifs is 8. The van der Waals surface area contributed by atoms with Crippen molar-refractivity contribution < 1.29 is 0 Å². The van der Waals surface area contributed by atoms with Crippen LogP contribution >= 0.6 is 0 Å². The highest BCUT2D eigenvalue weighted by Crippen LogP contribution is 2.31. The predicted molar refractivity (Wildman–Crippen MR) is 155 cm³/mol. The van der Waals surface area contributed by atoms with Crippen LogP contribution in [0.15, 0.2) is 66.7 Å². The van der Waals surface area contributed by atoms with E-state index in [9.17, 15) is 0 Å². The number of aromatic nitrogens is 4. The standard InChI is InChI=1S/C31H26N4Si/c1-36(2,3)17-16-21-4-6-22(7-5-21)31-29-14-12-27(34-29)19-25-10-8-23(32-25)18-24-9-11-26(33-24)20-28-13-15-30(31)35-28/h4-15,18-20,32-33H,1-3H3. The Morgan fingerprint density at radius 1 is 0.611 bits per heavy atom. The normalized spacial score (nSPS) is 12.4. The predicted octanol–water partition coefficient (Wildman–Crippen LogP) is 7.55. The number of aromatic amines is 2. The molecule has 36 heavy (non-hydrogen) atoms. The lowest BCUT2D eigenvalue weighted by atomic mass is 10.0. The summed E-state index contributed by atoms with van der Waals surface area (Å²) < 4.78 is 0. The quantitative estimate of drug-likeness (QED) is 0.188. The first kappa shape index (κ1) is 22.1. The maximum absolute atomic E-state index is 4.97. The molecule has 0 radical (unpaired) electrons. The molecule has 174 valence electrons. The van der Waals surface area contributed by atoms with E-state index in [0.29, 0.717) is 0 Å². The van der Waals surface area contributed by atoms with Crippen molar-refractivity contribution in [1.29, 1.82) is 0 Å². The van der Waals surface area contributed by atoms with Crippen LogP contribution in [-0.4, -0.2) is 28.0 Å². The zero-order chi connectivity index (χ0) is 24.7. The molecule has 4 nitrogen and oxygen atoms in total. The van der Waals surface area contributed by atoms with Gasteiger partial charge in [0.15, 0.2) is 0 Å². The van der Waals surface area contributed by atoms with Gasteiger partial charge in [-0.05, 0) is 84.5 Å². The molecule has 3 aromatic heterocycles. The molecule has 0 aliphatic carbocycles. The van der Waals surface area contributed by atoms with Crippen molar-refractivity contribution in [3.63, 3.8) is 0 Å². The number of hydrogen-bond acceptors (Lipinski definition) is 2. The van der Waals surface area contributed by atoms with Gasteiger partial charge < -0.3 is 9.97 Å². The molecule has 0 unspecified atom stereocenters. The molecule has 0 amide bonds. The van der Waals surface area contributed by atoms with Crippen LogP contribution < -0.4 is 0 Å². The van der Waals surface area contributed by atoms with Crippen molar-refractivity contribution in [2.75, 3.05) is 0 Å². The van der Waals surface area contributed by atoms with Gasteiger partial charge >= 0.3 is 0 Å². The molecule has 8 bridgehead atoms. The van der Waals surface area contributed by atoms with Crippen molar-refractivity contribution >= 4 is 54.4 Å². The monoisotopic (exact) mass is 482 g/mol. The minimum absolute atomic E-state index is 0.902. The molecule has 2 aliphatic rings. The highest BCUT2D eigenvalue weighted by Gasteiger charge is 2.14. The average Bonchev–Trinajstić information content (AvgIpc) is 3.64. The van der Waals surface area contributed by atoms with E-state index in [1.165, 1.54) is 0 Å². The molecule has 5 heteroatoms. The maximum Gasteiger partial charge on any atom is 0.129 e. The topological polar surface area (TPSA) is 57.4 Å². The Labute approximate surface area is 211 Å². The molecule has 1 aromatic carbocycles. The third-order valence-corrected chi connectivity index (χ3v) is 6.85. The summed E-state index contributed by atoms with van der Waals surface area (Å²) in [5.41, 5.74) is 14.3. The molecule has 0 saturated heterocycles. The summed E-state index contributed by atoms with van der Waals surface area (Å²) in [6.07, 6.45) is 8.25. The van der Waals surface area contributed by atoms with Gasteiger partial charge in [-0.25, -0.2) is 9.97 Å². The van der Waals surface area contributed by atoms with Crippen molar-refractivity contribution in [2.24, 2.45) is 0 Å². The lowest BCUT2D eigenvalue weighted by Gasteiger charge is -2.06. The van der Waals surface area contributed by atoms with E-state index in [-0.39, 0.29) is 0 Å². The van der Waals surface area contributed by atoms with Crippen LogP contribution in [0.2, 0.25) is 19.6 Å². The fourth-order valence-corrected chi connectivity index (χ4v) is 4.80. The summed E-state index contributed by atoms with van der Waals surface area (Å²) in [5.74, 6) is 3.35. The molecular formula is C31H26N4Si. The molecule has 2 aliphatic heterocycles. The zero-order valence-corrected chi connectivity index (χ0v) is 21.6. The van der Waals surface area contributed by atoms with E-state index in [1.807, 2.05) is 0 Å². The Hall–Kier alpha value is -4.40. The molecule has 0 fully saturated rings. The summed E-state index contributed by atoms with van der Waals surface area (Å²) in [4.78, 5) is 16.8. The summed E-state index contributed by atoms with van der Waals surface area (Å²) in [6, 6.07) is 23.0. The minimum atomic E-state index is -1.43. The van der Waals surface area contributed by atoms with Gasteiger partial charge in [0.2, 0.25) is 0 Å². The Balaban J connectivity index is 1.58. The van der Waals surface area contributed by atoms with Gasteiger partial charge in [-0.15, -0.1) is 5.54 Å². The van der Waals surface area contributed by atoms with Gasteiger partial charge in [-0.3, -0.25) is 0 Å². The third-order valence-electron chi connectivity index (χ3n) is 5.97. The highest BCUT2D eigenvalue weighted by molar-refractivity contribution is 6.83. The summed E-state index contributed by atoms with van der Waals surface area (Å²) in [5, 5.41) is 0. The van der Waals surface area contributed by atoms with Gasteiger partial charge in [-0.1, -0.05) is 37.7 Å². The Kier molecular flexibility index (Phi) is 5.32. The lowest BCUT2D eigenvalue weighted by molar-refractivity contribution is 1.28. The average molecular weight is 483 g/mol. The molecule has 6 rings (SSSR count). The van der Waals surface area contributed by atoms with Crippen molar-refractivity contribution in [3.8, 4) is 22.6 Å². The van der Waals surface area contributed by atoms with Gasteiger partial charge in [0.05, 0.1) is 22.8 Å². The molecular weight excluding hydrogens is 456 g/mol. The van der Waals surface area contributed by atoms with Crippen molar-refractivity contribution in [2.45, 2.75) is 19.6 Å². The number of benzene rings is 1. The molecule has 0 saturated carbocycles. The number of hydrogen-bond donors (Lipinski definition) is 2. The van der Waals surface area contributed by atoms with E-state index in [0.717, 1.165) is 61.5 Å². The fourth-order valence-electron chi connectivity index (χ4n) is 4.28. The molecule has 0 atom stereocenters. The van der Waals surface area contributed by atoms with Gasteiger partial charge in [-0.2, -0.15) is 0 Å². The van der Waals surface area contributed by atoms with E-state index in [2.05, 4.69) is 132 Å². The Bertz CT molecular complexity index is 1670. The first-order valence-electron chi connectivity index (χ1n) is 12.1. The van der Waals surface area contributed by atoms with Crippen LogP contribution in [0.1, 0.15) is 28.3 Å². The fraction of sp³-hybridized carbons (Fsp3) is 0.0968. The molecule has 2 N–H and O–H groups in total. The second-order valence-corrected chi connectivity index (χ2v) is 14.9. The van der Waals surface area contributed by atoms with Crippen molar-refractivity contribution in [3.05, 3.63) is 95.1 Å². The van der Waals surface area contributed by atoms with E-state index in [4.69, 9.17) is 9.97 Å². The number of nitrogens with one attached hydrogen (secondary N) is 2. The van der Waals surface area contributed by atoms with Crippen molar-refractivity contribution in [1.82, 2.24) is 19.9 Å². The number of H-pyrrole nitrogens is 2. The Morgan fingerprint density at radius 3 is 1.61 bits per heavy atom. The second kappa shape index (κ2) is 8.67. The van der Waals surface area contributed by atoms with E-state index < -0.39 is 8.07 Å². The zero-order valence-electron chi connectivity index (χ0n) is 20.6. The first-order chi connectivity index (χ1) is 17.4. The van der Waals surface area contributed by atoms with Gasteiger partial charge in [0.1, 0.15) is 8.07 Å². The van der Waals surface area contributed by atoms with E-state index >= 15 is 0 Å². The number of nitrogens with zero attached hydrogens (tertiary/aromatic N) is 2. The molecule has 0 spiro atoms. The van der Waals surface area contributed by atoms with E-state index in [1.54, 1.807) is 0 Å². The SMILES string of the molecule is C[Si](C)(C)C#Cc1ccc(-c2c3nc(cc4ccc(cc5ccc(cc6nc2C=C6)[nH]5)[nH]4)C=C3)cc1.